The Bertz CT molecular complexity index is 389. The summed E-state index contributed by atoms with van der Waals surface area (Å²) in [7, 11) is 0. The highest BCUT2D eigenvalue weighted by Gasteiger charge is 2.24. The van der Waals surface area contributed by atoms with Crippen molar-refractivity contribution in [2.45, 2.75) is 38.5 Å². The normalized spacial score (nSPS) is 19.2. The van der Waals surface area contributed by atoms with Crippen molar-refractivity contribution in [1.29, 1.82) is 0 Å². The summed E-state index contributed by atoms with van der Waals surface area (Å²) in [4.78, 5) is 7.04. The molecule has 0 saturated carbocycles. The SMILES string of the molecule is CCNCc1ccc(N2CCSC(C)(C)CC2)nc1. The van der Waals surface area contributed by atoms with Crippen molar-refractivity contribution < 1.29 is 0 Å². The summed E-state index contributed by atoms with van der Waals surface area (Å²) in [6.07, 6.45) is 3.22. The van der Waals surface area contributed by atoms with E-state index in [2.05, 4.69) is 59.9 Å². The molecule has 3 nitrogen and oxygen atoms in total. The molecule has 0 atom stereocenters. The maximum atomic E-state index is 4.62. The van der Waals surface area contributed by atoms with E-state index in [0.29, 0.717) is 4.75 Å². The average Bonchev–Trinajstić information content (AvgIpc) is 2.58. The lowest BCUT2D eigenvalue weighted by atomic mass is 10.1. The molecule has 1 fully saturated rings. The number of hydrogen-bond acceptors (Lipinski definition) is 4. The lowest BCUT2D eigenvalue weighted by Crippen LogP contribution is -2.27. The van der Waals surface area contributed by atoms with Gasteiger partial charge in [-0.2, -0.15) is 11.8 Å². The molecule has 19 heavy (non-hydrogen) atoms. The number of pyridine rings is 1. The average molecular weight is 279 g/mol. The van der Waals surface area contributed by atoms with E-state index in [4.69, 9.17) is 0 Å². The van der Waals surface area contributed by atoms with Crippen LogP contribution in [0.3, 0.4) is 0 Å². The summed E-state index contributed by atoms with van der Waals surface area (Å²) in [6.45, 7) is 10.9. The summed E-state index contributed by atoms with van der Waals surface area (Å²) in [5, 5.41) is 3.33. The molecule has 0 unspecified atom stereocenters. The van der Waals surface area contributed by atoms with Crippen molar-refractivity contribution >= 4 is 17.6 Å². The van der Waals surface area contributed by atoms with Crippen LogP contribution in [0.2, 0.25) is 0 Å². The van der Waals surface area contributed by atoms with E-state index in [-0.39, 0.29) is 0 Å². The van der Waals surface area contributed by atoms with Crippen LogP contribution in [0.15, 0.2) is 18.3 Å². The van der Waals surface area contributed by atoms with Crippen molar-refractivity contribution in [2.75, 3.05) is 30.3 Å². The molecular weight excluding hydrogens is 254 g/mol. The van der Waals surface area contributed by atoms with Gasteiger partial charge in [0.2, 0.25) is 0 Å². The first-order chi connectivity index (χ1) is 9.11. The van der Waals surface area contributed by atoms with Crippen molar-refractivity contribution in [2.24, 2.45) is 0 Å². The zero-order chi connectivity index (χ0) is 13.7. The summed E-state index contributed by atoms with van der Waals surface area (Å²) >= 11 is 2.07. The molecule has 0 radical (unpaired) electrons. The summed E-state index contributed by atoms with van der Waals surface area (Å²) in [5.41, 5.74) is 1.26. The van der Waals surface area contributed by atoms with Crippen LogP contribution >= 0.6 is 11.8 Å². The lowest BCUT2D eigenvalue weighted by Gasteiger charge is -2.23. The van der Waals surface area contributed by atoms with Gasteiger partial charge in [0.15, 0.2) is 0 Å². The van der Waals surface area contributed by atoms with Gasteiger partial charge in [0.1, 0.15) is 5.82 Å². The second-order valence-electron chi connectivity index (χ2n) is 5.65. The third-order valence-corrected chi connectivity index (χ3v) is 4.92. The number of hydrogen-bond donors (Lipinski definition) is 1. The number of anilines is 1. The van der Waals surface area contributed by atoms with Crippen molar-refractivity contribution in [3.63, 3.8) is 0 Å². The molecule has 4 heteroatoms. The predicted octanol–water partition coefficient (Wildman–Crippen LogP) is 2.91. The van der Waals surface area contributed by atoms with E-state index in [1.165, 1.54) is 17.7 Å². The third kappa shape index (κ3) is 4.39. The topological polar surface area (TPSA) is 28.2 Å². The second kappa shape index (κ2) is 6.62. The molecule has 0 spiro atoms. The minimum atomic E-state index is 0.403. The Hall–Kier alpha value is -0.740. The first kappa shape index (κ1) is 14.7. The molecule has 1 saturated heterocycles. The predicted molar refractivity (Wildman–Crippen MR) is 85.0 cm³/mol. The van der Waals surface area contributed by atoms with Gasteiger partial charge >= 0.3 is 0 Å². The Morgan fingerprint density at radius 1 is 1.37 bits per heavy atom. The van der Waals surface area contributed by atoms with Crippen LogP contribution in [-0.2, 0) is 6.54 Å². The van der Waals surface area contributed by atoms with E-state index >= 15 is 0 Å². The van der Waals surface area contributed by atoms with E-state index < -0.39 is 0 Å². The van der Waals surface area contributed by atoms with E-state index in [0.717, 1.165) is 32.0 Å². The molecule has 0 amide bonds. The molecule has 0 bridgehead atoms. The molecule has 0 aliphatic carbocycles. The van der Waals surface area contributed by atoms with E-state index in [9.17, 15) is 0 Å². The smallest absolute Gasteiger partial charge is 0.128 e. The monoisotopic (exact) mass is 279 g/mol. The van der Waals surface area contributed by atoms with Gasteiger partial charge in [-0.1, -0.05) is 26.8 Å². The van der Waals surface area contributed by atoms with Crippen LogP contribution in [0.1, 0.15) is 32.8 Å². The van der Waals surface area contributed by atoms with Crippen LogP contribution in [0.4, 0.5) is 5.82 Å². The highest BCUT2D eigenvalue weighted by atomic mass is 32.2. The molecule has 2 rings (SSSR count). The minimum Gasteiger partial charge on any atom is -0.356 e. The largest absolute Gasteiger partial charge is 0.356 e. The van der Waals surface area contributed by atoms with Gasteiger partial charge in [0, 0.05) is 36.3 Å². The van der Waals surface area contributed by atoms with Crippen molar-refractivity contribution in [3.05, 3.63) is 23.9 Å². The number of nitrogens with zero attached hydrogens (tertiary/aromatic N) is 2. The van der Waals surface area contributed by atoms with Crippen molar-refractivity contribution in [1.82, 2.24) is 10.3 Å². The number of thioether (sulfide) groups is 1. The standard InChI is InChI=1S/C15H25N3S/c1-4-16-11-13-5-6-14(17-12-13)18-8-7-15(2,3)19-10-9-18/h5-6,12,16H,4,7-11H2,1-3H3. The molecule has 0 aromatic carbocycles. The Balaban J connectivity index is 1.97. The van der Waals surface area contributed by atoms with Gasteiger partial charge < -0.3 is 10.2 Å². The van der Waals surface area contributed by atoms with Crippen LogP contribution < -0.4 is 10.2 Å². The first-order valence-electron chi connectivity index (χ1n) is 7.15. The van der Waals surface area contributed by atoms with Gasteiger partial charge in [-0.05, 0) is 24.6 Å². The Morgan fingerprint density at radius 2 is 2.21 bits per heavy atom. The van der Waals surface area contributed by atoms with Crippen LogP contribution in [0, 0.1) is 0 Å². The molecule has 2 heterocycles. The fourth-order valence-electron chi connectivity index (χ4n) is 2.23. The highest BCUT2D eigenvalue weighted by molar-refractivity contribution is 8.00. The number of aromatic nitrogens is 1. The molecular formula is C15H25N3S. The fourth-order valence-corrected chi connectivity index (χ4v) is 3.33. The number of rotatable bonds is 4. The van der Waals surface area contributed by atoms with Crippen LogP contribution in [-0.4, -0.2) is 35.1 Å². The quantitative estimate of drug-likeness (QED) is 0.917. The minimum absolute atomic E-state index is 0.403. The van der Waals surface area contributed by atoms with Crippen LogP contribution in [0.5, 0.6) is 0 Å². The van der Waals surface area contributed by atoms with Gasteiger partial charge in [0.25, 0.3) is 0 Å². The maximum absolute atomic E-state index is 4.62. The molecule has 1 aromatic heterocycles. The Kier molecular flexibility index (Phi) is 5.11. The van der Waals surface area contributed by atoms with Crippen molar-refractivity contribution in [3.8, 4) is 0 Å². The molecule has 1 aliphatic heterocycles. The zero-order valence-electron chi connectivity index (χ0n) is 12.3. The van der Waals surface area contributed by atoms with Crippen LogP contribution in [0.25, 0.3) is 0 Å². The zero-order valence-corrected chi connectivity index (χ0v) is 13.1. The molecule has 1 N–H and O–H groups in total. The summed E-state index contributed by atoms with van der Waals surface area (Å²) < 4.78 is 0.403. The second-order valence-corrected chi connectivity index (χ2v) is 7.45. The van der Waals surface area contributed by atoms with Gasteiger partial charge in [0.05, 0.1) is 0 Å². The summed E-state index contributed by atoms with van der Waals surface area (Å²) in [5.74, 6) is 2.31. The molecule has 1 aliphatic rings. The highest BCUT2D eigenvalue weighted by Crippen LogP contribution is 2.31. The van der Waals surface area contributed by atoms with E-state index in [1.54, 1.807) is 0 Å². The fraction of sp³-hybridized carbons (Fsp3) is 0.667. The number of nitrogens with one attached hydrogen (secondary N) is 1. The maximum Gasteiger partial charge on any atom is 0.128 e. The Labute approximate surface area is 121 Å². The first-order valence-corrected chi connectivity index (χ1v) is 8.14. The molecule has 106 valence electrons. The van der Waals surface area contributed by atoms with E-state index in [1.807, 2.05) is 6.20 Å². The lowest BCUT2D eigenvalue weighted by molar-refractivity contribution is 0.635. The van der Waals surface area contributed by atoms with Gasteiger partial charge in [-0.15, -0.1) is 0 Å². The summed E-state index contributed by atoms with van der Waals surface area (Å²) in [6, 6.07) is 4.35. The van der Waals surface area contributed by atoms with Gasteiger partial charge in [-0.3, -0.25) is 0 Å². The Morgan fingerprint density at radius 3 is 2.89 bits per heavy atom. The third-order valence-electron chi connectivity index (χ3n) is 3.55. The molecule has 1 aromatic rings. The van der Waals surface area contributed by atoms with Gasteiger partial charge in [-0.25, -0.2) is 4.98 Å².